The van der Waals surface area contributed by atoms with Crippen LogP contribution in [0, 0.1) is 5.41 Å². The number of nitrogens with zero attached hydrogens (tertiary/aromatic N) is 3. The Morgan fingerprint density at radius 1 is 1.14 bits per heavy atom. The lowest BCUT2D eigenvalue weighted by molar-refractivity contribution is 0.0812. The van der Waals surface area contributed by atoms with Crippen LogP contribution in [0.15, 0.2) is 66.9 Å². The maximum atomic E-state index is 13.5. The van der Waals surface area contributed by atoms with Crippen LogP contribution in [0.4, 0.5) is 4.79 Å². The van der Waals surface area contributed by atoms with E-state index in [0.717, 1.165) is 22.6 Å². The highest BCUT2D eigenvalue weighted by molar-refractivity contribution is 5.75. The van der Waals surface area contributed by atoms with E-state index in [9.17, 15) is 9.90 Å². The van der Waals surface area contributed by atoms with Crippen LogP contribution in [-0.4, -0.2) is 65.0 Å². The van der Waals surface area contributed by atoms with Crippen molar-refractivity contribution in [2.24, 2.45) is 11.1 Å². The standard InChI is InChI=1S/C29H41N5O3/c1-29(2,3)26(34(17-18-37-4)28(36)31-16-15-24(30)21-35)27-32-25(23-13-9-6-10-14-23)20-33(27)19-22-11-7-5-8-12-22/h5-14,20,24,26,35H,15-19,21,30H2,1-4H3,(H,31,36)/t24-,26-/m0/s1. The first-order valence-corrected chi connectivity index (χ1v) is 12.8. The van der Waals surface area contributed by atoms with E-state index < -0.39 is 0 Å². The number of carbonyl (C=O) groups is 1. The highest BCUT2D eigenvalue weighted by Crippen LogP contribution is 2.39. The minimum absolute atomic E-state index is 0.118. The van der Waals surface area contributed by atoms with E-state index in [0.29, 0.717) is 32.7 Å². The second-order valence-corrected chi connectivity index (χ2v) is 10.4. The maximum absolute atomic E-state index is 13.5. The number of imidazole rings is 1. The van der Waals surface area contributed by atoms with Gasteiger partial charge in [-0.25, -0.2) is 9.78 Å². The van der Waals surface area contributed by atoms with Crippen LogP contribution in [0.25, 0.3) is 11.3 Å². The predicted molar refractivity (Wildman–Crippen MR) is 147 cm³/mol. The predicted octanol–water partition coefficient (Wildman–Crippen LogP) is 4.05. The lowest BCUT2D eigenvalue weighted by Crippen LogP contribution is -2.49. The van der Waals surface area contributed by atoms with E-state index in [4.69, 9.17) is 15.5 Å². The van der Waals surface area contributed by atoms with Crippen molar-refractivity contribution in [3.05, 3.63) is 78.2 Å². The number of hydrogen-bond donors (Lipinski definition) is 3. The molecule has 8 heteroatoms. The minimum Gasteiger partial charge on any atom is -0.395 e. The van der Waals surface area contributed by atoms with Gasteiger partial charge < -0.3 is 30.4 Å². The van der Waals surface area contributed by atoms with Crippen LogP contribution in [0.5, 0.6) is 0 Å². The number of nitrogens with one attached hydrogen (secondary N) is 1. The van der Waals surface area contributed by atoms with Gasteiger partial charge in [-0.1, -0.05) is 81.4 Å². The first-order chi connectivity index (χ1) is 17.7. The monoisotopic (exact) mass is 507 g/mol. The zero-order chi connectivity index (χ0) is 26.8. The Bertz CT molecular complexity index is 1100. The Hall–Kier alpha value is -3.20. The highest BCUT2D eigenvalue weighted by Gasteiger charge is 2.38. The number of methoxy groups -OCH3 is 1. The third-order valence-electron chi connectivity index (χ3n) is 6.27. The molecule has 3 aromatic rings. The lowest BCUT2D eigenvalue weighted by atomic mass is 9.84. The number of urea groups is 1. The summed E-state index contributed by atoms with van der Waals surface area (Å²) in [5.41, 5.74) is 8.54. The molecule has 8 nitrogen and oxygen atoms in total. The van der Waals surface area contributed by atoms with Crippen LogP contribution in [0.2, 0.25) is 0 Å². The highest BCUT2D eigenvalue weighted by atomic mass is 16.5. The Kier molecular flexibility index (Phi) is 10.3. The summed E-state index contributed by atoms with van der Waals surface area (Å²) < 4.78 is 7.53. The van der Waals surface area contributed by atoms with Crippen molar-refractivity contribution in [2.75, 3.05) is 33.4 Å². The second-order valence-electron chi connectivity index (χ2n) is 10.4. The van der Waals surface area contributed by atoms with E-state index in [1.165, 1.54) is 0 Å². The number of aliphatic hydroxyl groups is 1. The average molecular weight is 508 g/mol. The van der Waals surface area contributed by atoms with Gasteiger partial charge in [0.2, 0.25) is 0 Å². The number of hydrogen-bond acceptors (Lipinski definition) is 5. The van der Waals surface area contributed by atoms with Gasteiger partial charge in [0, 0.05) is 44.5 Å². The fourth-order valence-electron chi connectivity index (χ4n) is 4.39. The number of benzene rings is 2. The van der Waals surface area contributed by atoms with Crippen LogP contribution >= 0.6 is 0 Å². The van der Waals surface area contributed by atoms with Crippen molar-refractivity contribution < 1.29 is 14.6 Å². The first kappa shape index (κ1) is 28.4. The molecule has 3 rings (SSSR count). The molecule has 2 atom stereocenters. The summed E-state index contributed by atoms with van der Waals surface area (Å²) in [5, 5.41) is 12.2. The quantitative estimate of drug-likeness (QED) is 0.343. The number of aliphatic hydroxyl groups excluding tert-OH is 1. The van der Waals surface area contributed by atoms with Crippen LogP contribution in [0.3, 0.4) is 0 Å². The molecule has 0 saturated heterocycles. The molecule has 2 aromatic carbocycles. The Labute approximate surface area is 220 Å². The molecule has 0 fully saturated rings. The van der Waals surface area contributed by atoms with Crippen molar-refractivity contribution in [1.82, 2.24) is 19.8 Å². The zero-order valence-electron chi connectivity index (χ0n) is 22.4. The van der Waals surface area contributed by atoms with Crippen molar-refractivity contribution >= 4 is 6.03 Å². The molecule has 0 spiro atoms. The molecule has 0 aliphatic rings. The SMILES string of the molecule is COCCN(C(=O)NCC[C@H](N)CO)[C@@H](c1nc(-c2ccccc2)cn1Cc1ccccc1)C(C)(C)C. The summed E-state index contributed by atoms with van der Waals surface area (Å²) in [7, 11) is 1.63. The van der Waals surface area contributed by atoms with E-state index in [-0.39, 0.29) is 30.1 Å². The van der Waals surface area contributed by atoms with E-state index in [1.54, 1.807) is 7.11 Å². The zero-order valence-corrected chi connectivity index (χ0v) is 22.4. The average Bonchev–Trinajstić information content (AvgIpc) is 3.29. The molecule has 200 valence electrons. The molecule has 0 bridgehead atoms. The lowest BCUT2D eigenvalue weighted by Gasteiger charge is -2.40. The molecule has 4 N–H and O–H groups in total. The summed E-state index contributed by atoms with van der Waals surface area (Å²) >= 11 is 0. The fraction of sp³-hybridized carbons (Fsp3) is 0.448. The van der Waals surface area contributed by atoms with Gasteiger partial charge in [-0.3, -0.25) is 0 Å². The van der Waals surface area contributed by atoms with Gasteiger partial charge in [0.1, 0.15) is 5.82 Å². The van der Waals surface area contributed by atoms with Gasteiger partial charge in [0.15, 0.2) is 0 Å². The smallest absolute Gasteiger partial charge is 0.318 e. The molecule has 0 unspecified atom stereocenters. The third kappa shape index (κ3) is 7.89. The Morgan fingerprint density at radius 3 is 2.38 bits per heavy atom. The normalized spacial score (nSPS) is 13.2. The van der Waals surface area contributed by atoms with Crippen molar-refractivity contribution in [3.63, 3.8) is 0 Å². The topological polar surface area (TPSA) is 106 Å². The number of rotatable bonds is 12. The number of carbonyl (C=O) groups excluding carboxylic acids is 1. The summed E-state index contributed by atoms with van der Waals surface area (Å²) in [6.07, 6.45) is 2.56. The molecule has 37 heavy (non-hydrogen) atoms. The van der Waals surface area contributed by atoms with E-state index in [1.807, 2.05) is 53.4 Å². The molecule has 1 heterocycles. The molecule has 0 aliphatic carbocycles. The minimum atomic E-state index is -0.371. The van der Waals surface area contributed by atoms with Gasteiger partial charge in [0.05, 0.1) is 24.9 Å². The number of amides is 2. The van der Waals surface area contributed by atoms with Crippen LogP contribution in [-0.2, 0) is 11.3 Å². The maximum Gasteiger partial charge on any atom is 0.318 e. The number of ether oxygens (including phenoxy) is 1. The van der Waals surface area contributed by atoms with Gasteiger partial charge in [-0.2, -0.15) is 0 Å². The molecular weight excluding hydrogens is 466 g/mol. The largest absolute Gasteiger partial charge is 0.395 e. The third-order valence-corrected chi connectivity index (χ3v) is 6.27. The first-order valence-electron chi connectivity index (χ1n) is 12.8. The van der Waals surface area contributed by atoms with Gasteiger partial charge in [-0.15, -0.1) is 0 Å². The van der Waals surface area contributed by atoms with Crippen LogP contribution < -0.4 is 11.1 Å². The van der Waals surface area contributed by atoms with Crippen molar-refractivity contribution in [1.29, 1.82) is 0 Å². The summed E-state index contributed by atoms with van der Waals surface area (Å²) in [5.74, 6) is 0.813. The molecule has 0 aliphatic heterocycles. The van der Waals surface area contributed by atoms with E-state index >= 15 is 0 Å². The van der Waals surface area contributed by atoms with Gasteiger partial charge in [0.25, 0.3) is 0 Å². The number of nitrogens with two attached hydrogens (primary N) is 1. The molecule has 0 saturated carbocycles. The molecule has 2 amide bonds. The molecule has 1 aromatic heterocycles. The van der Waals surface area contributed by atoms with Gasteiger partial charge in [-0.05, 0) is 17.4 Å². The van der Waals surface area contributed by atoms with Crippen molar-refractivity contribution in [3.8, 4) is 11.3 Å². The Morgan fingerprint density at radius 2 is 1.78 bits per heavy atom. The summed E-state index contributed by atoms with van der Waals surface area (Å²) in [4.78, 5) is 20.5. The van der Waals surface area contributed by atoms with Crippen LogP contribution in [0.1, 0.15) is 44.6 Å². The van der Waals surface area contributed by atoms with Crippen molar-refractivity contribution in [2.45, 2.75) is 45.8 Å². The Balaban J connectivity index is 2.05. The molecular formula is C29H41N5O3. The number of aromatic nitrogens is 2. The molecule has 0 radical (unpaired) electrons. The van der Waals surface area contributed by atoms with Gasteiger partial charge >= 0.3 is 6.03 Å². The summed E-state index contributed by atoms with van der Waals surface area (Å²) in [6.45, 7) is 8.04. The van der Waals surface area contributed by atoms with E-state index in [2.05, 4.69) is 49.0 Å². The fourth-order valence-corrected chi connectivity index (χ4v) is 4.39. The summed E-state index contributed by atoms with van der Waals surface area (Å²) in [6, 6.07) is 19.4. The second kappa shape index (κ2) is 13.4.